The van der Waals surface area contributed by atoms with Crippen LogP contribution in [0.4, 0.5) is 0 Å². The van der Waals surface area contributed by atoms with Gasteiger partial charge in [0, 0.05) is 6.42 Å². The summed E-state index contributed by atoms with van der Waals surface area (Å²) in [6.45, 7) is 2.09. The molecule has 0 saturated heterocycles. The minimum Gasteiger partial charge on any atom is -0.481 e. The molecule has 1 atom stereocenters. The monoisotopic (exact) mass is 183 g/mol. The summed E-state index contributed by atoms with van der Waals surface area (Å²) in [5.41, 5.74) is 0. The number of carbonyl (C=O) groups is 1. The van der Waals surface area contributed by atoms with E-state index in [2.05, 4.69) is 6.92 Å². The molecule has 0 aromatic heterocycles. The molecule has 0 bridgehead atoms. The van der Waals surface area contributed by atoms with E-state index in [1.165, 1.54) is 0 Å². The Bertz CT molecular complexity index is 184. The van der Waals surface area contributed by atoms with Crippen LogP contribution in [0.2, 0.25) is 0 Å². The molecule has 0 saturated carbocycles. The number of carboxylic acid groups (broad SMARTS) is 1. The van der Waals surface area contributed by atoms with E-state index in [1.807, 2.05) is 6.07 Å². The van der Waals surface area contributed by atoms with Gasteiger partial charge in [0.2, 0.25) is 0 Å². The normalized spacial score (nSPS) is 12.0. The molecule has 3 heteroatoms. The second-order valence-electron chi connectivity index (χ2n) is 3.23. The lowest BCUT2D eigenvalue weighted by Crippen LogP contribution is -2.13. The van der Waals surface area contributed by atoms with Gasteiger partial charge in [-0.2, -0.15) is 5.26 Å². The zero-order valence-electron chi connectivity index (χ0n) is 8.12. The molecule has 74 valence electrons. The Hall–Kier alpha value is -1.04. The number of hydrogen-bond acceptors (Lipinski definition) is 2. The molecule has 0 heterocycles. The Morgan fingerprint density at radius 1 is 1.46 bits per heavy atom. The fourth-order valence-electron chi connectivity index (χ4n) is 1.27. The third-order valence-electron chi connectivity index (χ3n) is 2.11. The molecule has 13 heavy (non-hydrogen) atoms. The second-order valence-corrected chi connectivity index (χ2v) is 3.23. The van der Waals surface area contributed by atoms with Gasteiger partial charge in [-0.1, -0.05) is 26.2 Å². The van der Waals surface area contributed by atoms with Crippen LogP contribution in [-0.4, -0.2) is 11.1 Å². The standard InChI is InChI=1S/C10H17NO2/c1-2-3-4-6-9(10(12)13)7-5-8-11/h9H,2-7H2,1H3,(H,12,13)/t9-/m0/s1. The molecular formula is C10H17NO2. The van der Waals surface area contributed by atoms with Gasteiger partial charge in [-0.25, -0.2) is 0 Å². The third-order valence-corrected chi connectivity index (χ3v) is 2.11. The first-order valence-corrected chi connectivity index (χ1v) is 4.82. The van der Waals surface area contributed by atoms with Crippen molar-refractivity contribution in [1.29, 1.82) is 5.26 Å². The van der Waals surface area contributed by atoms with Crippen molar-refractivity contribution in [2.24, 2.45) is 5.92 Å². The van der Waals surface area contributed by atoms with Crippen LogP contribution < -0.4 is 0 Å². The van der Waals surface area contributed by atoms with Crippen LogP contribution in [-0.2, 0) is 4.79 Å². The van der Waals surface area contributed by atoms with Crippen LogP contribution in [0.5, 0.6) is 0 Å². The summed E-state index contributed by atoms with van der Waals surface area (Å²) in [5, 5.41) is 17.1. The van der Waals surface area contributed by atoms with Gasteiger partial charge in [-0.15, -0.1) is 0 Å². The molecule has 0 aliphatic carbocycles. The van der Waals surface area contributed by atoms with Gasteiger partial charge in [0.25, 0.3) is 0 Å². The highest BCUT2D eigenvalue weighted by Gasteiger charge is 2.15. The fraction of sp³-hybridized carbons (Fsp3) is 0.800. The summed E-state index contributed by atoms with van der Waals surface area (Å²) in [7, 11) is 0. The van der Waals surface area contributed by atoms with Crippen molar-refractivity contribution in [3.63, 3.8) is 0 Å². The lowest BCUT2D eigenvalue weighted by Gasteiger charge is -2.08. The van der Waals surface area contributed by atoms with Crippen molar-refractivity contribution in [2.45, 2.75) is 45.4 Å². The van der Waals surface area contributed by atoms with Gasteiger partial charge in [-0.3, -0.25) is 4.79 Å². The Morgan fingerprint density at radius 3 is 2.62 bits per heavy atom. The van der Waals surface area contributed by atoms with Crippen molar-refractivity contribution in [1.82, 2.24) is 0 Å². The Morgan fingerprint density at radius 2 is 2.15 bits per heavy atom. The summed E-state index contributed by atoms with van der Waals surface area (Å²) in [5.74, 6) is -1.07. The molecule has 0 unspecified atom stereocenters. The predicted molar refractivity (Wildman–Crippen MR) is 50.1 cm³/mol. The SMILES string of the molecule is CCCCC[C@@H](CCC#N)C(=O)O. The molecule has 0 fully saturated rings. The number of nitriles is 1. The molecule has 1 N–H and O–H groups in total. The molecule has 0 aliphatic rings. The molecule has 3 nitrogen and oxygen atoms in total. The molecule has 0 aliphatic heterocycles. The lowest BCUT2D eigenvalue weighted by molar-refractivity contribution is -0.142. The van der Waals surface area contributed by atoms with Crippen molar-refractivity contribution in [2.75, 3.05) is 0 Å². The van der Waals surface area contributed by atoms with E-state index in [9.17, 15) is 4.79 Å². The fourth-order valence-corrected chi connectivity index (χ4v) is 1.27. The zero-order chi connectivity index (χ0) is 10.1. The van der Waals surface area contributed by atoms with E-state index in [4.69, 9.17) is 10.4 Å². The van der Waals surface area contributed by atoms with Crippen LogP contribution >= 0.6 is 0 Å². The average Bonchev–Trinajstić information content (AvgIpc) is 2.10. The van der Waals surface area contributed by atoms with E-state index in [-0.39, 0.29) is 5.92 Å². The van der Waals surface area contributed by atoms with Crippen molar-refractivity contribution < 1.29 is 9.90 Å². The summed E-state index contributed by atoms with van der Waals surface area (Å²) in [4.78, 5) is 10.7. The maximum absolute atomic E-state index is 10.7. The van der Waals surface area contributed by atoms with Gasteiger partial charge in [-0.05, 0) is 12.8 Å². The van der Waals surface area contributed by atoms with Gasteiger partial charge < -0.3 is 5.11 Å². The highest BCUT2D eigenvalue weighted by atomic mass is 16.4. The van der Waals surface area contributed by atoms with Crippen molar-refractivity contribution in [3.05, 3.63) is 0 Å². The predicted octanol–water partition coefficient (Wildman–Crippen LogP) is 2.57. The van der Waals surface area contributed by atoms with Crippen LogP contribution in [0.25, 0.3) is 0 Å². The van der Waals surface area contributed by atoms with Crippen LogP contribution in [0.15, 0.2) is 0 Å². The molecule has 0 aromatic rings. The first-order chi connectivity index (χ1) is 6.22. The minimum atomic E-state index is -0.758. The van der Waals surface area contributed by atoms with Gasteiger partial charge >= 0.3 is 5.97 Å². The molecule has 0 aromatic carbocycles. The van der Waals surface area contributed by atoms with Gasteiger partial charge in [0.05, 0.1) is 12.0 Å². The first kappa shape index (κ1) is 12.0. The molecule has 0 spiro atoms. The smallest absolute Gasteiger partial charge is 0.306 e. The van der Waals surface area contributed by atoms with E-state index in [0.29, 0.717) is 19.3 Å². The van der Waals surface area contributed by atoms with Crippen LogP contribution in [0.1, 0.15) is 45.4 Å². The number of carboxylic acids is 1. The summed E-state index contributed by atoms with van der Waals surface area (Å²) >= 11 is 0. The number of hydrogen-bond donors (Lipinski definition) is 1. The second kappa shape index (κ2) is 7.60. The Balaban J connectivity index is 3.68. The first-order valence-electron chi connectivity index (χ1n) is 4.82. The summed E-state index contributed by atoms with van der Waals surface area (Å²) in [6.07, 6.45) is 4.70. The molecular weight excluding hydrogens is 166 g/mol. The third kappa shape index (κ3) is 6.15. The average molecular weight is 183 g/mol. The maximum Gasteiger partial charge on any atom is 0.306 e. The van der Waals surface area contributed by atoms with Crippen LogP contribution in [0.3, 0.4) is 0 Å². The maximum atomic E-state index is 10.7. The van der Waals surface area contributed by atoms with E-state index < -0.39 is 5.97 Å². The van der Waals surface area contributed by atoms with E-state index in [1.54, 1.807) is 0 Å². The lowest BCUT2D eigenvalue weighted by atomic mass is 9.97. The number of unbranched alkanes of at least 4 members (excludes halogenated alkanes) is 2. The summed E-state index contributed by atoms with van der Waals surface area (Å²) < 4.78 is 0. The summed E-state index contributed by atoms with van der Waals surface area (Å²) in [6, 6.07) is 1.98. The van der Waals surface area contributed by atoms with Crippen molar-refractivity contribution >= 4 is 5.97 Å². The zero-order valence-corrected chi connectivity index (χ0v) is 8.12. The number of nitrogens with zero attached hydrogens (tertiary/aromatic N) is 1. The van der Waals surface area contributed by atoms with E-state index >= 15 is 0 Å². The largest absolute Gasteiger partial charge is 0.481 e. The minimum absolute atomic E-state index is 0.314. The van der Waals surface area contributed by atoms with Crippen molar-refractivity contribution in [3.8, 4) is 6.07 Å². The highest BCUT2D eigenvalue weighted by Crippen LogP contribution is 2.15. The van der Waals surface area contributed by atoms with E-state index in [0.717, 1.165) is 19.3 Å². The number of rotatable bonds is 7. The van der Waals surface area contributed by atoms with Gasteiger partial charge in [0.1, 0.15) is 0 Å². The topological polar surface area (TPSA) is 61.1 Å². The molecule has 0 rings (SSSR count). The number of aliphatic carboxylic acids is 1. The van der Waals surface area contributed by atoms with Gasteiger partial charge in [0.15, 0.2) is 0 Å². The highest BCUT2D eigenvalue weighted by molar-refractivity contribution is 5.69. The van der Waals surface area contributed by atoms with Crippen LogP contribution in [0, 0.1) is 17.2 Å². The quantitative estimate of drug-likeness (QED) is 0.617. The molecule has 0 amide bonds. The Labute approximate surface area is 79.4 Å². The molecule has 0 radical (unpaired) electrons. The Kier molecular flexibility index (Phi) is 6.99.